The molecule has 0 saturated carbocycles. The third-order valence-electron chi connectivity index (χ3n) is 6.56. The molecular weight excluding hydrogens is 447 g/mol. The number of esters is 2. The summed E-state index contributed by atoms with van der Waals surface area (Å²) in [6, 6.07) is 0. The molecule has 0 aliphatic carbocycles. The van der Waals surface area contributed by atoms with Crippen LogP contribution in [-0.4, -0.2) is 54.7 Å². The molecule has 0 atom stereocenters. The van der Waals surface area contributed by atoms with Gasteiger partial charge >= 0.3 is 41.5 Å². The maximum absolute atomic E-state index is 11.8. The topological polar surface area (TPSA) is 52.6 Å². The first kappa shape index (κ1) is 37.1. The zero-order valence-electron chi connectivity index (χ0n) is 23.0. The van der Waals surface area contributed by atoms with Crippen LogP contribution >= 0.6 is 0 Å². The Kier molecular flexibility index (Phi) is 33.9. The molecule has 204 valence electrons. The predicted molar refractivity (Wildman–Crippen MR) is 151 cm³/mol. The average molecular weight is 507 g/mol. The second kappa shape index (κ2) is 32.0. The summed E-state index contributed by atoms with van der Waals surface area (Å²) in [7, 11) is 0. The van der Waals surface area contributed by atoms with Crippen molar-refractivity contribution in [2.45, 2.75) is 168 Å². The number of hydrogen-bond acceptors (Lipinski definition) is 4. The Morgan fingerprint density at radius 1 is 0.400 bits per heavy atom. The van der Waals surface area contributed by atoms with Gasteiger partial charge in [0.25, 0.3) is 0 Å². The summed E-state index contributed by atoms with van der Waals surface area (Å²) in [5.74, 6) is -0.558. The molecule has 0 radical (unpaired) electrons. The SMILES string of the molecule is CCCCCCCCCCCCCOC(=O)CCC(=O)OCCCCCCCCCCCCC.[NaH]. The second-order valence-corrected chi connectivity index (χ2v) is 10.0. The molecule has 0 aromatic rings. The summed E-state index contributed by atoms with van der Waals surface area (Å²) in [6.07, 6.45) is 28.4. The number of rotatable bonds is 27. The van der Waals surface area contributed by atoms with Crippen molar-refractivity contribution in [3.05, 3.63) is 0 Å². The van der Waals surface area contributed by atoms with Crippen molar-refractivity contribution in [2.75, 3.05) is 13.2 Å². The van der Waals surface area contributed by atoms with E-state index in [2.05, 4.69) is 13.8 Å². The van der Waals surface area contributed by atoms with Gasteiger partial charge in [0.05, 0.1) is 26.1 Å². The molecule has 0 aromatic carbocycles. The second-order valence-electron chi connectivity index (χ2n) is 10.0. The van der Waals surface area contributed by atoms with Gasteiger partial charge in [-0.25, -0.2) is 0 Å². The zero-order chi connectivity index (χ0) is 25.0. The fourth-order valence-electron chi connectivity index (χ4n) is 4.25. The first-order valence-electron chi connectivity index (χ1n) is 15.0. The Bertz CT molecular complexity index is 402. The molecule has 35 heavy (non-hydrogen) atoms. The normalized spacial score (nSPS) is 10.7. The van der Waals surface area contributed by atoms with E-state index in [4.69, 9.17) is 9.47 Å². The molecule has 0 spiro atoms. The molecule has 0 bridgehead atoms. The Labute approximate surface area is 240 Å². The van der Waals surface area contributed by atoms with Crippen molar-refractivity contribution in [1.29, 1.82) is 0 Å². The summed E-state index contributed by atoms with van der Waals surface area (Å²) in [4.78, 5) is 23.5. The summed E-state index contributed by atoms with van der Waals surface area (Å²) in [6.45, 7) is 5.46. The molecule has 0 aliphatic heterocycles. The number of carbonyl (C=O) groups excluding carboxylic acids is 2. The van der Waals surface area contributed by atoms with Gasteiger partial charge in [0, 0.05) is 0 Å². The summed E-state index contributed by atoms with van der Waals surface area (Å²) >= 11 is 0. The van der Waals surface area contributed by atoms with E-state index in [1.807, 2.05) is 0 Å². The average Bonchev–Trinajstić information content (AvgIpc) is 2.84. The van der Waals surface area contributed by atoms with Gasteiger partial charge in [-0.15, -0.1) is 0 Å². The molecule has 0 N–H and O–H groups in total. The Morgan fingerprint density at radius 3 is 0.886 bits per heavy atom. The minimum atomic E-state index is -0.279. The van der Waals surface area contributed by atoms with E-state index in [1.165, 1.54) is 116 Å². The van der Waals surface area contributed by atoms with Crippen molar-refractivity contribution in [3.63, 3.8) is 0 Å². The standard InChI is InChI=1S/C30H58O4.Na.H/c1-3-5-7-9-11-13-15-17-19-21-23-27-33-29(31)25-26-30(32)34-28-24-22-20-18-16-14-12-10-8-6-4-2;;/h3-28H2,1-2H3;;. The molecule has 0 heterocycles. The van der Waals surface area contributed by atoms with Crippen LogP contribution in [0.25, 0.3) is 0 Å². The molecule has 4 nitrogen and oxygen atoms in total. The van der Waals surface area contributed by atoms with Gasteiger partial charge in [-0.2, -0.15) is 0 Å². The van der Waals surface area contributed by atoms with Gasteiger partial charge < -0.3 is 9.47 Å². The number of carbonyl (C=O) groups is 2. The van der Waals surface area contributed by atoms with Crippen molar-refractivity contribution in [2.24, 2.45) is 0 Å². The van der Waals surface area contributed by atoms with Crippen LogP contribution in [0.5, 0.6) is 0 Å². The third kappa shape index (κ3) is 31.9. The van der Waals surface area contributed by atoms with E-state index in [9.17, 15) is 9.59 Å². The van der Waals surface area contributed by atoms with Crippen LogP contribution in [0, 0.1) is 0 Å². The van der Waals surface area contributed by atoms with Gasteiger partial charge in [-0.1, -0.05) is 142 Å². The van der Waals surface area contributed by atoms with Crippen LogP contribution in [0.1, 0.15) is 168 Å². The molecule has 0 aliphatic rings. The van der Waals surface area contributed by atoms with Crippen molar-refractivity contribution in [3.8, 4) is 0 Å². The molecule has 0 amide bonds. The first-order chi connectivity index (χ1) is 16.7. The quantitative estimate of drug-likeness (QED) is 0.0634. The van der Waals surface area contributed by atoms with Gasteiger partial charge in [-0.05, 0) is 12.8 Å². The van der Waals surface area contributed by atoms with Gasteiger partial charge in [0.1, 0.15) is 0 Å². The number of hydrogen-bond donors (Lipinski definition) is 0. The summed E-state index contributed by atoms with van der Waals surface area (Å²) < 4.78 is 10.5. The first-order valence-corrected chi connectivity index (χ1v) is 15.0. The third-order valence-corrected chi connectivity index (χ3v) is 6.56. The van der Waals surface area contributed by atoms with Crippen molar-refractivity contribution >= 4 is 41.5 Å². The van der Waals surface area contributed by atoms with E-state index in [0.29, 0.717) is 13.2 Å². The Hall–Kier alpha value is -0.0600. The van der Waals surface area contributed by atoms with Crippen molar-refractivity contribution < 1.29 is 19.1 Å². The number of ether oxygens (including phenoxy) is 2. The van der Waals surface area contributed by atoms with E-state index in [-0.39, 0.29) is 54.3 Å². The molecule has 0 unspecified atom stereocenters. The molecular formula is C30H59NaO4. The minimum absolute atomic E-state index is 0. The van der Waals surface area contributed by atoms with Gasteiger partial charge in [0.2, 0.25) is 0 Å². The molecule has 0 saturated heterocycles. The van der Waals surface area contributed by atoms with Crippen molar-refractivity contribution in [1.82, 2.24) is 0 Å². The summed E-state index contributed by atoms with van der Waals surface area (Å²) in [5.41, 5.74) is 0. The van der Waals surface area contributed by atoms with Gasteiger partial charge in [-0.3, -0.25) is 9.59 Å². The van der Waals surface area contributed by atoms with E-state index in [0.717, 1.165) is 25.7 Å². The number of unbranched alkanes of at least 4 members (excludes halogenated alkanes) is 20. The fourth-order valence-corrected chi connectivity index (χ4v) is 4.25. The molecule has 5 heteroatoms. The van der Waals surface area contributed by atoms with Crippen LogP contribution in [-0.2, 0) is 19.1 Å². The molecule has 0 rings (SSSR count). The zero-order valence-corrected chi connectivity index (χ0v) is 23.0. The monoisotopic (exact) mass is 506 g/mol. The Morgan fingerprint density at radius 2 is 0.629 bits per heavy atom. The van der Waals surface area contributed by atoms with Crippen LogP contribution in [0.2, 0.25) is 0 Å². The summed E-state index contributed by atoms with van der Waals surface area (Å²) in [5, 5.41) is 0. The maximum atomic E-state index is 11.8. The molecule has 0 fully saturated rings. The Balaban J connectivity index is 0. The predicted octanol–water partition coefficient (Wildman–Crippen LogP) is 8.83. The van der Waals surface area contributed by atoms with Crippen LogP contribution in [0.4, 0.5) is 0 Å². The van der Waals surface area contributed by atoms with Crippen LogP contribution in [0.3, 0.4) is 0 Å². The van der Waals surface area contributed by atoms with E-state index < -0.39 is 0 Å². The fraction of sp³-hybridized carbons (Fsp3) is 0.933. The molecule has 0 aromatic heterocycles. The van der Waals surface area contributed by atoms with Gasteiger partial charge in [0.15, 0.2) is 0 Å². The van der Waals surface area contributed by atoms with E-state index in [1.54, 1.807) is 0 Å². The van der Waals surface area contributed by atoms with Crippen LogP contribution < -0.4 is 0 Å². The van der Waals surface area contributed by atoms with E-state index >= 15 is 0 Å². The van der Waals surface area contributed by atoms with Crippen LogP contribution in [0.15, 0.2) is 0 Å².